The predicted octanol–water partition coefficient (Wildman–Crippen LogP) is 4.60. The molecule has 0 spiro atoms. The summed E-state index contributed by atoms with van der Waals surface area (Å²) in [6.07, 6.45) is 0.540. The molecule has 0 aliphatic carbocycles. The minimum atomic E-state index is -1.07. The Kier molecular flexibility index (Phi) is 5.83. The molecule has 0 saturated heterocycles. The molecular formula is C21H16Cl2N4O3. The SMILES string of the molecule is O=C(O)COc1ccc(Cl)cc1C1=NN(c2ccc(Cl)nn2)C(c2ccccc2)C1. The van der Waals surface area contributed by atoms with E-state index in [9.17, 15) is 4.79 Å². The topological polar surface area (TPSA) is 87.9 Å². The van der Waals surface area contributed by atoms with Crippen LogP contribution >= 0.6 is 23.2 Å². The number of rotatable bonds is 6. The summed E-state index contributed by atoms with van der Waals surface area (Å²) in [6, 6.07) is 18.2. The van der Waals surface area contributed by atoms with Crippen molar-refractivity contribution >= 4 is 40.7 Å². The minimum absolute atomic E-state index is 0.136. The van der Waals surface area contributed by atoms with E-state index in [1.54, 1.807) is 35.3 Å². The van der Waals surface area contributed by atoms with Crippen LogP contribution < -0.4 is 9.75 Å². The second kappa shape index (κ2) is 8.69. The molecule has 2 aromatic carbocycles. The Labute approximate surface area is 182 Å². The van der Waals surface area contributed by atoms with E-state index in [-0.39, 0.29) is 11.2 Å². The van der Waals surface area contributed by atoms with E-state index in [0.29, 0.717) is 34.3 Å². The third kappa shape index (κ3) is 4.37. The molecule has 7 nitrogen and oxygen atoms in total. The van der Waals surface area contributed by atoms with Gasteiger partial charge in [-0.3, -0.25) is 0 Å². The number of hydrazone groups is 1. The number of carboxylic acid groups (broad SMARTS) is 1. The second-order valence-electron chi connectivity index (χ2n) is 6.56. The Balaban J connectivity index is 1.75. The molecule has 1 atom stereocenters. The molecule has 152 valence electrons. The van der Waals surface area contributed by atoms with Gasteiger partial charge in [0.1, 0.15) is 5.75 Å². The van der Waals surface area contributed by atoms with Crippen LogP contribution in [0.4, 0.5) is 5.82 Å². The van der Waals surface area contributed by atoms with Crippen molar-refractivity contribution in [3.05, 3.63) is 82.0 Å². The molecule has 1 N–H and O–H groups in total. The average Bonchev–Trinajstić information content (AvgIpc) is 3.19. The number of aromatic nitrogens is 2. The van der Waals surface area contributed by atoms with Crippen LogP contribution in [0.5, 0.6) is 5.75 Å². The average molecular weight is 443 g/mol. The van der Waals surface area contributed by atoms with Crippen molar-refractivity contribution in [3.8, 4) is 5.75 Å². The number of benzene rings is 2. The first-order valence-electron chi connectivity index (χ1n) is 9.06. The molecule has 0 bridgehead atoms. The largest absolute Gasteiger partial charge is 0.481 e. The number of carbonyl (C=O) groups is 1. The smallest absolute Gasteiger partial charge is 0.341 e. The van der Waals surface area contributed by atoms with Crippen molar-refractivity contribution in [3.63, 3.8) is 0 Å². The van der Waals surface area contributed by atoms with Gasteiger partial charge >= 0.3 is 5.97 Å². The highest BCUT2D eigenvalue weighted by atomic mass is 35.5. The summed E-state index contributed by atoms with van der Waals surface area (Å²) in [4.78, 5) is 11.0. The molecule has 2 heterocycles. The highest BCUT2D eigenvalue weighted by Crippen LogP contribution is 2.38. The lowest BCUT2D eigenvalue weighted by Crippen LogP contribution is -2.19. The molecule has 4 rings (SSSR count). The van der Waals surface area contributed by atoms with Gasteiger partial charge in [-0.1, -0.05) is 53.5 Å². The Hall–Kier alpha value is -3.16. The lowest BCUT2D eigenvalue weighted by molar-refractivity contribution is -0.139. The number of hydrogen-bond donors (Lipinski definition) is 1. The summed E-state index contributed by atoms with van der Waals surface area (Å²) in [5.41, 5.74) is 2.38. The lowest BCUT2D eigenvalue weighted by Gasteiger charge is -2.22. The zero-order valence-electron chi connectivity index (χ0n) is 15.6. The molecular weight excluding hydrogens is 427 g/mol. The van der Waals surface area contributed by atoms with Gasteiger partial charge in [-0.15, -0.1) is 10.2 Å². The lowest BCUT2D eigenvalue weighted by atomic mass is 9.98. The highest BCUT2D eigenvalue weighted by molar-refractivity contribution is 6.31. The summed E-state index contributed by atoms with van der Waals surface area (Å²) >= 11 is 12.1. The fourth-order valence-electron chi connectivity index (χ4n) is 3.24. The molecule has 1 aromatic heterocycles. The van der Waals surface area contributed by atoms with Crippen molar-refractivity contribution < 1.29 is 14.6 Å². The Morgan fingerprint density at radius 3 is 2.60 bits per heavy atom. The maximum absolute atomic E-state index is 11.0. The van der Waals surface area contributed by atoms with Crippen LogP contribution in [-0.2, 0) is 4.79 Å². The van der Waals surface area contributed by atoms with Crippen molar-refractivity contribution in [2.75, 3.05) is 11.6 Å². The van der Waals surface area contributed by atoms with Gasteiger partial charge in [-0.05, 0) is 35.9 Å². The third-order valence-corrected chi connectivity index (χ3v) is 4.99. The summed E-state index contributed by atoms with van der Waals surface area (Å²) < 4.78 is 5.46. The summed E-state index contributed by atoms with van der Waals surface area (Å²) in [7, 11) is 0. The summed E-state index contributed by atoms with van der Waals surface area (Å²) in [5.74, 6) is -0.126. The quantitative estimate of drug-likeness (QED) is 0.599. The van der Waals surface area contributed by atoms with Gasteiger partial charge < -0.3 is 9.84 Å². The van der Waals surface area contributed by atoms with Crippen LogP contribution in [0.2, 0.25) is 10.2 Å². The monoisotopic (exact) mass is 442 g/mol. The van der Waals surface area contributed by atoms with E-state index in [4.69, 9.17) is 38.1 Å². The van der Waals surface area contributed by atoms with E-state index in [2.05, 4.69) is 10.2 Å². The summed E-state index contributed by atoms with van der Waals surface area (Å²) in [6.45, 7) is -0.462. The predicted molar refractivity (Wildman–Crippen MR) is 114 cm³/mol. The number of anilines is 1. The first kappa shape index (κ1) is 20.1. The van der Waals surface area contributed by atoms with Gasteiger partial charge in [0.25, 0.3) is 0 Å². The van der Waals surface area contributed by atoms with Crippen molar-refractivity contribution in [2.45, 2.75) is 12.5 Å². The maximum atomic E-state index is 11.0. The van der Waals surface area contributed by atoms with Crippen LogP contribution in [0.3, 0.4) is 0 Å². The van der Waals surface area contributed by atoms with Crippen molar-refractivity contribution in [1.82, 2.24) is 10.2 Å². The molecule has 3 aromatic rings. The van der Waals surface area contributed by atoms with Gasteiger partial charge in [0, 0.05) is 17.0 Å². The van der Waals surface area contributed by atoms with E-state index in [1.165, 1.54) is 0 Å². The zero-order valence-corrected chi connectivity index (χ0v) is 17.1. The van der Waals surface area contributed by atoms with Gasteiger partial charge in [-0.2, -0.15) is 5.10 Å². The standard InChI is InChI=1S/C21H16Cl2N4O3/c22-14-6-7-18(30-12-21(28)29)15(10-14)16-11-17(13-4-2-1-3-5-13)27(26-16)20-9-8-19(23)24-25-20/h1-10,17H,11-12H2,(H,28,29). The van der Waals surface area contributed by atoms with Gasteiger partial charge in [0.15, 0.2) is 17.6 Å². The fraction of sp³-hybridized carbons (Fsp3) is 0.143. The van der Waals surface area contributed by atoms with Gasteiger partial charge in [-0.25, -0.2) is 9.80 Å². The van der Waals surface area contributed by atoms with Crippen LogP contribution in [0, 0.1) is 0 Å². The molecule has 1 unspecified atom stereocenters. The molecule has 1 aliphatic heterocycles. The van der Waals surface area contributed by atoms with Crippen LogP contribution in [0.25, 0.3) is 0 Å². The third-order valence-electron chi connectivity index (χ3n) is 4.55. The number of nitrogens with zero attached hydrogens (tertiary/aromatic N) is 4. The van der Waals surface area contributed by atoms with Gasteiger partial charge in [0.2, 0.25) is 0 Å². The first-order chi connectivity index (χ1) is 14.5. The normalized spacial score (nSPS) is 15.7. The van der Waals surface area contributed by atoms with Crippen molar-refractivity contribution in [1.29, 1.82) is 0 Å². The molecule has 0 fully saturated rings. The Morgan fingerprint density at radius 1 is 1.10 bits per heavy atom. The second-order valence-corrected chi connectivity index (χ2v) is 7.38. The van der Waals surface area contributed by atoms with Crippen LogP contribution in [-0.4, -0.2) is 33.6 Å². The van der Waals surface area contributed by atoms with E-state index >= 15 is 0 Å². The Bertz CT molecular complexity index is 1090. The number of ether oxygens (including phenoxy) is 1. The number of halogens is 2. The number of hydrogen-bond acceptors (Lipinski definition) is 6. The number of carboxylic acids is 1. The molecule has 0 saturated carbocycles. The minimum Gasteiger partial charge on any atom is -0.481 e. The van der Waals surface area contributed by atoms with Gasteiger partial charge in [0.05, 0.1) is 11.8 Å². The Morgan fingerprint density at radius 2 is 1.90 bits per heavy atom. The van der Waals surface area contributed by atoms with E-state index in [0.717, 1.165) is 5.56 Å². The van der Waals surface area contributed by atoms with Crippen LogP contribution in [0.1, 0.15) is 23.6 Å². The molecule has 9 heteroatoms. The number of aliphatic carboxylic acids is 1. The molecule has 0 amide bonds. The fourth-order valence-corrected chi connectivity index (χ4v) is 3.52. The van der Waals surface area contributed by atoms with E-state index in [1.807, 2.05) is 30.3 Å². The van der Waals surface area contributed by atoms with Crippen LogP contribution in [0.15, 0.2) is 65.8 Å². The van der Waals surface area contributed by atoms with Crippen molar-refractivity contribution in [2.24, 2.45) is 5.10 Å². The molecule has 1 aliphatic rings. The maximum Gasteiger partial charge on any atom is 0.341 e. The zero-order chi connectivity index (χ0) is 21.1. The van der Waals surface area contributed by atoms with E-state index < -0.39 is 12.6 Å². The summed E-state index contributed by atoms with van der Waals surface area (Å²) in [5, 5.41) is 24.4. The molecule has 30 heavy (non-hydrogen) atoms. The highest BCUT2D eigenvalue weighted by Gasteiger charge is 2.32. The first-order valence-corrected chi connectivity index (χ1v) is 9.82. The molecule has 0 radical (unpaired) electrons.